The first-order valence-electron chi connectivity index (χ1n) is 4.21. The molecule has 0 unspecified atom stereocenters. The first kappa shape index (κ1) is 10.6. The van der Waals surface area contributed by atoms with E-state index in [1.807, 2.05) is 17.5 Å². The normalized spacial score (nSPS) is 10.3. The molecule has 0 radical (unpaired) electrons. The summed E-state index contributed by atoms with van der Waals surface area (Å²) in [4.78, 5) is 12.6. The summed E-state index contributed by atoms with van der Waals surface area (Å²) in [6.07, 6.45) is 0.734. The minimum Gasteiger partial charge on any atom is -0.423 e. The van der Waals surface area contributed by atoms with Crippen LogP contribution in [0.4, 0.5) is 0 Å². The molecule has 0 aromatic carbocycles. The van der Waals surface area contributed by atoms with E-state index in [4.69, 9.17) is 10.0 Å². The first-order chi connectivity index (χ1) is 7.22. The van der Waals surface area contributed by atoms with Gasteiger partial charge < -0.3 is 10.0 Å². The lowest BCUT2D eigenvalue weighted by Gasteiger charge is -1.92. The second kappa shape index (κ2) is 4.28. The van der Waals surface area contributed by atoms with Crippen LogP contribution in [0.1, 0.15) is 10.4 Å². The predicted molar refractivity (Wildman–Crippen MR) is 62.8 cm³/mol. The quantitative estimate of drug-likeness (QED) is 0.618. The minimum atomic E-state index is -1.51. The molecule has 0 aliphatic carbocycles. The van der Waals surface area contributed by atoms with E-state index in [9.17, 15) is 4.79 Å². The van der Waals surface area contributed by atoms with Crippen molar-refractivity contribution < 1.29 is 14.8 Å². The Morgan fingerprint density at radius 3 is 2.73 bits per heavy atom. The maximum atomic E-state index is 10.8. The highest BCUT2D eigenvalue weighted by Gasteiger charge is 2.18. The fraction of sp³-hybridized carbons (Fsp3) is 0. The summed E-state index contributed by atoms with van der Waals surface area (Å²) in [5.41, 5.74) is 0.505. The molecule has 15 heavy (non-hydrogen) atoms. The SMILES string of the molecule is O=Cc1cc(B(O)O)sc1-c1cccs1. The van der Waals surface area contributed by atoms with Crippen molar-refractivity contribution in [3.63, 3.8) is 0 Å². The molecule has 0 saturated carbocycles. The van der Waals surface area contributed by atoms with Gasteiger partial charge in [-0.05, 0) is 17.5 Å². The lowest BCUT2D eigenvalue weighted by Crippen LogP contribution is -2.26. The van der Waals surface area contributed by atoms with Gasteiger partial charge in [-0.15, -0.1) is 22.7 Å². The number of hydrogen-bond acceptors (Lipinski definition) is 5. The van der Waals surface area contributed by atoms with Gasteiger partial charge in [-0.2, -0.15) is 0 Å². The summed E-state index contributed by atoms with van der Waals surface area (Å²) >= 11 is 2.75. The second-order valence-electron chi connectivity index (χ2n) is 2.90. The van der Waals surface area contributed by atoms with Crippen LogP contribution < -0.4 is 4.78 Å². The molecule has 2 aromatic heterocycles. The van der Waals surface area contributed by atoms with E-state index in [2.05, 4.69) is 0 Å². The molecule has 0 spiro atoms. The molecule has 2 heterocycles. The molecule has 3 nitrogen and oxygen atoms in total. The first-order valence-corrected chi connectivity index (χ1v) is 5.91. The third kappa shape index (κ3) is 2.03. The van der Waals surface area contributed by atoms with Gasteiger partial charge in [0.05, 0.1) is 4.88 Å². The van der Waals surface area contributed by atoms with Crippen LogP contribution in [0.2, 0.25) is 0 Å². The van der Waals surface area contributed by atoms with Crippen molar-refractivity contribution >= 4 is 40.9 Å². The van der Waals surface area contributed by atoms with Crippen LogP contribution in [-0.4, -0.2) is 23.5 Å². The van der Waals surface area contributed by atoms with Crippen molar-refractivity contribution in [1.82, 2.24) is 0 Å². The molecule has 2 aromatic rings. The monoisotopic (exact) mass is 238 g/mol. The molecule has 76 valence electrons. The van der Waals surface area contributed by atoms with Crippen LogP contribution >= 0.6 is 22.7 Å². The average Bonchev–Trinajstić information content (AvgIpc) is 2.86. The molecule has 6 heteroatoms. The highest BCUT2D eigenvalue weighted by atomic mass is 32.1. The van der Waals surface area contributed by atoms with E-state index in [1.54, 1.807) is 0 Å². The molecule has 0 aliphatic rings. The molecular formula is C9H7BO3S2. The average molecular weight is 238 g/mol. The number of rotatable bonds is 3. The third-order valence-corrected chi connectivity index (χ3v) is 4.15. The summed E-state index contributed by atoms with van der Waals surface area (Å²) < 4.78 is 0.389. The van der Waals surface area contributed by atoms with Crippen molar-refractivity contribution in [3.05, 3.63) is 29.1 Å². The predicted octanol–water partition coefficient (Wildman–Crippen LogP) is 0.969. The lowest BCUT2D eigenvalue weighted by atomic mass is 9.89. The van der Waals surface area contributed by atoms with E-state index in [0.717, 1.165) is 16.0 Å². The van der Waals surface area contributed by atoms with Gasteiger partial charge in [0.2, 0.25) is 0 Å². The van der Waals surface area contributed by atoms with Gasteiger partial charge in [0, 0.05) is 15.2 Å². The number of carbonyl (C=O) groups excluding carboxylic acids is 1. The zero-order valence-electron chi connectivity index (χ0n) is 7.58. The molecule has 0 fully saturated rings. The van der Waals surface area contributed by atoms with Crippen molar-refractivity contribution in [2.24, 2.45) is 0 Å². The minimum absolute atomic E-state index is 0.389. The van der Waals surface area contributed by atoms with Gasteiger partial charge in [0.25, 0.3) is 0 Å². The standard InChI is InChI=1S/C9H7BO3S2/c11-5-6-4-8(10(12)13)15-9(6)7-2-1-3-14-7/h1-5,12-13H. The van der Waals surface area contributed by atoms with Gasteiger partial charge in [-0.25, -0.2) is 0 Å². The molecule has 0 amide bonds. The Morgan fingerprint density at radius 1 is 1.40 bits per heavy atom. The number of aldehydes is 1. The smallest absolute Gasteiger partial charge is 0.423 e. The van der Waals surface area contributed by atoms with Crippen LogP contribution in [0, 0.1) is 0 Å². The highest BCUT2D eigenvalue weighted by molar-refractivity contribution is 7.27. The van der Waals surface area contributed by atoms with Crippen LogP contribution in [0.15, 0.2) is 23.6 Å². The Hall–Kier alpha value is -0.945. The zero-order valence-corrected chi connectivity index (χ0v) is 9.22. The van der Waals surface area contributed by atoms with E-state index >= 15 is 0 Å². The Kier molecular flexibility index (Phi) is 3.02. The molecule has 2 N–H and O–H groups in total. The number of carbonyl (C=O) groups is 1. The summed E-state index contributed by atoms with van der Waals surface area (Å²) in [6.45, 7) is 0. The Labute approximate surface area is 94.8 Å². The zero-order chi connectivity index (χ0) is 10.8. The second-order valence-corrected chi connectivity index (χ2v) is 4.93. The largest absolute Gasteiger partial charge is 0.499 e. The van der Waals surface area contributed by atoms with Crippen LogP contribution in [0.25, 0.3) is 9.75 Å². The summed E-state index contributed by atoms with van der Waals surface area (Å²) in [5.74, 6) is 0. The molecular weight excluding hydrogens is 231 g/mol. The maximum Gasteiger partial charge on any atom is 0.499 e. The van der Waals surface area contributed by atoms with E-state index in [1.165, 1.54) is 28.7 Å². The molecule has 0 atom stereocenters. The topological polar surface area (TPSA) is 57.5 Å². The van der Waals surface area contributed by atoms with Crippen LogP contribution in [0.5, 0.6) is 0 Å². The Bertz CT molecular complexity index is 462. The maximum absolute atomic E-state index is 10.8. The van der Waals surface area contributed by atoms with Crippen LogP contribution in [0.3, 0.4) is 0 Å². The van der Waals surface area contributed by atoms with Gasteiger partial charge >= 0.3 is 7.12 Å². The van der Waals surface area contributed by atoms with Gasteiger partial charge in [0.1, 0.15) is 0 Å². The van der Waals surface area contributed by atoms with Crippen molar-refractivity contribution in [2.45, 2.75) is 0 Å². The van der Waals surface area contributed by atoms with E-state index in [-0.39, 0.29) is 0 Å². The summed E-state index contributed by atoms with van der Waals surface area (Å²) in [7, 11) is -1.51. The van der Waals surface area contributed by atoms with Crippen LogP contribution in [-0.2, 0) is 0 Å². The molecule has 0 aliphatic heterocycles. The van der Waals surface area contributed by atoms with E-state index < -0.39 is 7.12 Å². The summed E-state index contributed by atoms with van der Waals surface area (Å²) in [6, 6.07) is 5.30. The highest BCUT2D eigenvalue weighted by Crippen LogP contribution is 2.31. The number of hydrogen-bond donors (Lipinski definition) is 2. The lowest BCUT2D eigenvalue weighted by molar-refractivity contribution is 0.112. The fourth-order valence-corrected chi connectivity index (χ4v) is 3.12. The van der Waals surface area contributed by atoms with Crippen molar-refractivity contribution in [1.29, 1.82) is 0 Å². The molecule has 2 rings (SSSR count). The summed E-state index contributed by atoms with van der Waals surface area (Å²) in [5, 5.41) is 19.9. The van der Waals surface area contributed by atoms with Crippen molar-refractivity contribution in [2.75, 3.05) is 0 Å². The molecule has 0 saturated heterocycles. The van der Waals surface area contributed by atoms with Gasteiger partial charge in [-0.1, -0.05) is 6.07 Å². The van der Waals surface area contributed by atoms with E-state index in [0.29, 0.717) is 10.3 Å². The van der Waals surface area contributed by atoms with Gasteiger partial charge in [-0.3, -0.25) is 4.79 Å². The fourth-order valence-electron chi connectivity index (χ4n) is 1.24. The molecule has 0 bridgehead atoms. The van der Waals surface area contributed by atoms with Crippen molar-refractivity contribution in [3.8, 4) is 9.75 Å². The third-order valence-electron chi connectivity index (χ3n) is 1.91. The number of thiophene rings is 2. The Morgan fingerprint density at radius 2 is 2.20 bits per heavy atom. The Balaban J connectivity index is 2.51. The van der Waals surface area contributed by atoms with Gasteiger partial charge in [0.15, 0.2) is 6.29 Å².